The summed E-state index contributed by atoms with van der Waals surface area (Å²) in [6, 6.07) is 17.8. The van der Waals surface area contributed by atoms with Crippen molar-refractivity contribution >= 4 is 5.91 Å². The molecule has 0 fully saturated rings. The Balaban J connectivity index is 1.25. The van der Waals surface area contributed by atoms with Gasteiger partial charge in [-0.2, -0.15) is 0 Å². The van der Waals surface area contributed by atoms with Gasteiger partial charge in [-0.15, -0.1) is 0 Å². The van der Waals surface area contributed by atoms with Gasteiger partial charge < -0.3 is 19.2 Å². The Morgan fingerprint density at radius 2 is 1.93 bits per heavy atom. The average molecular weight is 377 g/mol. The van der Waals surface area contributed by atoms with Gasteiger partial charge in [0.25, 0.3) is 0 Å². The van der Waals surface area contributed by atoms with E-state index in [-0.39, 0.29) is 5.91 Å². The second-order valence-corrected chi connectivity index (χ2v) is 6.89. The van der Waals surface area contributed by atoms with E-state index in [1.165, 1.54) is 5.56 Å². The zero-order chi connectivity index (χ0) is 19.2. The molecule has 5 heteroatoms. The smallest absolute Gasteiger partial charge is 0.224 e. The van der Waals surface area contributed by atoms with Gasteiger partial charge in [0.1, 0.15) is 18.1 Å². The number of ether oxygens (including phenoxy) is 2. The first kappa shape index (κ1) is 18.3. The molecule has 1 aliphatic rings. The molecule has 0 radical (unpaired) electrons. The van der Waals surface area contributed by atoms with E-state index in [1.54, 1.807) is 6.26 Å². The third-order valence-corrected chi connectivity index (χ3v) is 4.69. The van der Waals surface area contributed by atoms with Gasteiger partial charge >= 0.3 is 0 Å². The monoisotopic (exact) mass is 377 g/mol. The highest BCUT2D eigenvalue weighted by molar-refractivity contribution is 5.78. The number of rotatable bonds is 8. The van der Waals surface area contributed by atoms with Crippen molar-refractivity contribution in [1.29, 1.82) is 0 Å². The fraction of sp³-hybridized carbons (Fsp3) is 0.261. The maximum absolute atomic E-state index is 12.3. The lowest BCUT2D eigenvalue weighted by molar-refractivity contribution is -0.120. The number of benzene rings is 2. The van der Waals surface area contributed by atoms with Gasteiger partial charge in [0.15, 0.2) is 0 Å². The molecule has 1 aliphatic heterocycles. The van der Waals surface area contributed by atoms with E-state index in [2.05, 4.69) is 17.4 Å². The minimum absolute atomic E-state index is 0.0123. The molecule has 0 atom stereocenters. The highest BCUT2D eigenvalue weighted by atomic mass is 16.5. The number of fused-ring (bicyclic) bond motifs is 1. The molecule has 144 valence electrons. The third-order valence-electron chi connectivity index (χ3n) is 4.69. The fourth-order valence-corrected chi connectivity index (χ4v) is 3.29. The molecule has 28 heavy (non-hydrogen) atoms. The molecular weight excluding hydrogens is 354 g/mol. The SMILES string of the molecule is O=C(Cc1ccc2c(c1)CCO2)NCc1cccc(COCc2ccco2)c1. The Kier molecular flexibility index (Phi) is 5.73. The van der Waals surface area contributed by atoms with Gasteiger partial charge in [-0.05, 0) is 40.5 Å². The molecule has 0 aliphatic carbocycles. The summed E-state index contributed by atoms with van der Waals surface area (Å²) >= 11 is 0. The first-order chi connectivity index (χ1) is 13.8. The minimum atomic E-state index is 0.0123. The van der Waals surface area contributed by atoms with Crippen LogP contribution < -0.4 is 10.1 Å². The Bertz CT molecular complexity index is 934. The van der Waals surface area contributed by atoms with Gasteiger partial charge in [0, 0.05) is 13.0 Å². The Morgan fingerprint density at radius 1 is 1.00 bits per heavy atom. The number of amides is 1. The maximum Gasteiger partial charge on any atom is 0.224 e. The molecule has 0 saturated carbocycles. The van der Waals surface area contributed by atoms with Crippen LogP contribution in [0.2, 0.25) is 0 Å². The highest BCUT2D eigenvalue weighted by Gasteiger charge is 2.13. The normalized spacial score (nSPS) is 12.4. The zero-order valence-corrected chi connectivity index (χ0v) is 15.6. The molecule has 0 bridgehead atoms. The average Bonchev–Trinajstić information content (AvgIpc) is 3.38. The van der Waals surface area contributed by atoms with E-state index < -0.39 is 0 Å². The van der Waals surface area contributed by atoms with Crippen LogP contribution in [0, 0.1) is 0 Å². The first-order valence-corrected chi connectivity index (χ1v) is 9.45. The lowest BCUT2D eigenvalue weighted by Crippen LogP contribution is -2.24. The molecule has 5 nitrogen and oxygen atoms in total. The standard InChI is InChI=1S/C23H23NO4/c25-23(13-17-6-7-22-20(12-17)8-10-28-22)24-14-18-3-1-4-19(11-18)15-26-16-21-5-2-9-27-21/h1-7,9,11-12H,8,10,13-16H2,(H,24,25). The molecule has 0 unspecified atom stereocenters. The zero-order valence-electron chi connectivity index (χ0n) is 15.6. The molecule has 2 heterocycles. The van der Waals surface area contributed by atoms with Gasteiger partial charge in [-0.25, -0.2) is 0 Å². The predicted octanol–water partition coefficient (Wildman–Crippen LogP) is 3.79. The molecule has 4 rings (SSSR count). The van der Waals surface area contributed by atoms with Crippen LogP contribution in [0.4, 0.5) is 0 Å². The molecule has 1 amide bonds. The van der Waals surface area contributed by atoms with Crippen LogP contribution >= 0.6 is 0 Å². The van der Waals surface area contributed by atoms with Crippen molar-refractivity contribution in [2.45, 2.75) is 32.6 Å². The summed E-state index contributed by atoms with van der Waals surface area (Å²) in [6.07, 6.45) is 2.93. The van der Waals surface area contributed by atoms with Crippen LogP contribution in [0.15, 0.2) is 65.3 Å². The number of nitrogens with one attached hydrogen (secondary N) is 1. The largest absolute Gasteiger partial charge is 0.493 e. The molecule has 1 N–H and O–H groups in total. The van der Waals surface area contributed by atoms with Gasteiger partial charge in [0.2, 0.25) is 5.91 Å². The van der Waals surface area contributed by atoms with Crippen LogP contribution in [-0.2, 0) is 42.1 Å². The van der Waals surface area contributed by atoms with Crippen molar-refractivity contribution in [2.75, 3.05) is 6.61 Å². The summed E-state index contributed by atoms with van der Waals surface area (Å²) in [5, 5.41) is 2.99. The van der Waals surface area contributed by atoms with Gasteiger partial charge in [0.05, 0.1) is 25.9 Å². The van der Waals surface area contributed by atoms with E-state index in [9.17, 15) is 4.79 Å². The summed E-state index contributed by atoms with van der Waals surface area (Å²) in [4.78, 5) is 12.3. The number of carbonyl (C=O) groups excluding carboxylic acids is 1. The summed E-state index contributed by atoms with van der Waals surface area (Å²) in [7, 11) is 0. The molecule has 2 aromatic carbocycles. The first-order valence-electron chi connectivity index (χ1n) is 9.45. The van der Waals surface area contributed by atoms with Gasteiger partial charge in [-0.3, -0.25) is 4.79 Å². The minimum Gasteiger partial charge on any atom is -0.493 e. The molecular formula is C23H23NO4. The Hall–Kier alpha value is -3.05. The fourth-order valence-electron chi connectivity index (χ4n) is 3.29. The van der Waals surface area contributed by atoms with E-state index in [0.29, 0.717) is 26.2 Å². The maximum atomic E-state index is 12.3. The number of carbonyl (C=O) groups is 1. The van der Waals surface area contributed by atoms with E-state index in [1.807, 2.05) is 42.5 Å². The summed E-state index contributed by atoms with van der Waals surface area (Å²) in [5.41, 5.74) is 4.32. The Morgan fingerprint density at radius 3 is 2.82 bits per heavy atom. The number of furan rings is 1. The lowest BCUT2D eigenvalue weighted by atomic mass is 10.1. The van der Waals surface area contributed by atoms with Crippen LogP contribution in [0.5, 0.6) is 5.75 Å². The van der Waals surface area contributed by atoms with Crippen LogP contribution in [0.1, 0.15) is 28.0 Å². The second kappa shape index (κ2) is 8.76. The van der Waals surface area contributed by atoms with Crippen LogP contribution in [-0.4, -0.2) is 12.5 Å². The van der Waals surface area contributed by atoms with E-state index in [0.717, 1.165) is 41.2 Å². The van der Waals surface area contributed by atoms with Crippen molar-refractivity contribution in [3.05, 3.63) is 88.9 Å². The molecule has 0 spiro atoms. The summed E-state index contributed by atoms with van der Waals surface area (Å²) < 4.78 is 16.4. The van der Waals surface area contributed by atoms with E-state index >= 15 is 0 Å². The molecule has 0 saturated heterocycles. The molecule has 1 aromatic heterocycles. The quantitative estimate of drug-likeness (QED) is 0.649. The van der Waals surface area contributed by atoms with Crippen molar-refractivity contribution < 1.29 is 18.7 Å². The topological polar surface area (TPSA) is 60.7 Å². The van der Waals surface area contributed by atoms with Crippen LogP contribution in [0.25, 0.3) is 0 Å². The van der Waals surface area contributed by atoms with Crippen molar-refractivity contribution in [3.63, 3.8) is 0 Å². The predicted molar refractivity (Wildman–Crippen MR) is 105 cm³/mol. The summed E-state index contributed by atoms with van der Waals surface area (Å²) in [5.74, 6) is 1.76. The van der Waals surface area contributed by atoms with Crippen LogP contribution in [0.3, 0.4) is 0 Å². The number of hydrogen-bond donors (Lipinski definition) is 1. The van der Waals surface area contributed by atoms with Crippen molar-refractivity contribution in [1.82, 2.24) is 5.32 Å². The van der Waals surface area contributed by atoms with Crippen molar-refractivity contribution in [2.24, 2.45) is 0 Å². The van der Waals surface area contributed by atoms with E-state index in [4.69, 9.17) is 13.9 Å². The highest BCUT2D eigenvalue weighted by Crippen LogP contribution is 2.26. The van der Waals surface area contributed by atoms with Crippen molar-refractivity contribution in [3.8, 4) is 5.75 Å². The summed E-state index contributed by atoms with van der Waals surface area (Å²) in [6.45, 7) is 2.17. The number of hydrogen-bond acceptors (Lipinski definition) is 4. The second-order valence-electron chi connectivity index (χ2n) is 6.89. The lowest BCUT2D eigenvalue weighted by Gasteiger charge is -2.09. The van der Waals surface area contributed by atoms with Gasteiger partial charge in [-0.1, -0.05) is 36.4 Å². The Labute approximate surface area is 164 Å². The molecule has 3 aromatic rings. The third kappa shape index (κ3) is 4.81.